The second kappa shape index (κ2) is 6.71. The van der Waals surface area contributed by atoms with Crippen LogP contribution < -0.4 is 10.6 Å². The van der Waals surface area contributed by atoms with Crippen molar-refractivity contribution in [1.29, 1.82) is 0 Å². The Morgan fingerprint density at radius 3 is 2.24 bits per heavy atom. The van der Waals surface area contributed by atoms with Crippen LogP contribution in [-0.2, 0) is 11.2 Å². The first-order valence-corrected chi connectivity index (χ1v) is 7.54. The molecule has 0 aliphatic carbocycles. The largest absolute Gasteiger partial charge is 0.372 e. The standard InChI is InChI=1S/C16H24F2N2O/c1-4-13(19)5-12-6-14(17)16(15(18)7-12)20-8-10(2)21-11(3)9-20/h6-7,10-11,13H,4-5,8-9,19H2,1-3H3/t10-,11+,13?. The van der Waals surface area contributed by atoms with Gasteiger partial charge in [0.25, 0.3) is 0 Å². The number of ether oxygens (including phenoxy) is 1. The van der Waals surface area contributed by atoms with Gasteiger partial charge in [-0.3, -0.25) is 0 Å². The van der Waals surface area contributed by atoms with E-state index in [9.17, 15) is 8.78 Å². The molecule has 1 aliphatic rings. The first kappa shape index (κ1) is 16.2. The summed E-state index contributed by atoms with van der Waals surface area (Å²) in [7, 11) is 0. The highest BCUT2D eigenvalue weighted by Crippen LogP contribution is 2.28. The number of nitrogens with two attached hydrogens (primary N) is 1. The molecule has 3 atom stereocenters. The fourth-order valence-electron chi connectivity index (χ4n) is 2.85. The number of hydrogen-bond acceptors (Lipinski definition) is 3. The van der Waals surface area contributed by atoms with Crippen LogP contribution >= 0.6 is 0 Å². The maximum absolute atomic E-state index is 14.3. The molecular formula is C16H24F2N2O. The van der Waals surface area contributed by atoms with E-state index in [0.717, 1.165) is 6.42 Å². The van der Waals surface area contributed by atoms with Crippen LogP contribution in [0.25, 0.3) is 0 Å². The van der Waals surface area contributed by atoms with Crippen molar-refractivity contribution < 1.29 is 13.5 Å². The molecule has 1 aromatic carbocycles. The molecule has 0 saturated carbocycles. The Labute approximate surface area is 125 Å². The van der Waals surface area contributed by atoms with Crippen LogP contribution in [0.1, 0.15) is 32.8 Å². The molecule has 0 bridgehead atoms. The lowest BCUT2D eigenvalue weighted by Gasteiger charge is -2.37. The Kier molecular flexibility index (Phi) is 5.17. The molecule has 1 aromatic rings. The molecular weight excluding hydrogens is 274 g/mol. The fraction of sp³-hybridized carbons (Fsp3) is 0.625. The van der Waals surface area contributed by atoms with E-state index in [1.165, 1.54) is 12.1 Å². The third kappa shape index (κ3) is 3.92. The van der Waals surface area contributed by atoms with Gasteiger partial charge in [-0.1, -0.05) is 6.92 Å². The van der Waals surface area contributed by atoms with Crippen molar-refractivity contribution >= 4 is 5.69 Å². The number of hydrogen-bond donors (Lipinski definition) is 1. The first-order chi connectivity index (χ1) is 9.90. The molecule has 21 heavy (non-hydrogen) atoms. The molecule has 1 unspecified atom stereocenters. The van der Waals surface area contributed by atoms with Crippen molar-refractivity contribution in [3.63, 3.8) is 0 Å². The Bertz CT molecular complexity index is 462. The Hall–Kier alpha value is -1.20. The van der Waals surface area contributed by atoms with Gasteiger partial charge in [0.2, 0.25) is 0 Å². The Morgan fingerprint density at radius 2 is 1.76 bits per heavy atom. The number of nitrogens with zero attached hydrogens (tertiary/aromatic N) is 1. The minimum atomic E-state index is -0.519. The summed E-state index contributed by atoms with van der Waals surface area (Å²) in [6.45, 7) is 6.76. The third-order valence-electron chi connectivity index (χ3n) is 3.83. The summed E-state index contributed by atoms with van der Waals surface area (Å²) in [6, 6.07) is 2.73. The normalized spacial score (nSPS) is 24.2. The molecule has 3 nitrogen and oxygen atoms in total. The average molecular weight is 298 g/mol. The summed E-state index contributed by atoms with van der Waals surface area (Å²) in [4.78, 5) is 1.73. The molecule has 0 amide bonds. The zero-order valence-corrected chi connectivity index (χ0v) is 12.9. The van der Waals surface area contributed by atoms with Gasteiger partial charge in [0.05, 0.1) is 12.2 Å². The Balaban J connectivity index is 2.24. The van der Waals surface area contributed by atoms with Crippen molar-refractivity contribution in [2.24, 2.45) is 5.73 Å². The predicted molar refractivity (Wildman–Crippen MR) is 80.6 cm³/mol. The van der Waals surface area contributed by atoms with Crippen LogP contribution in [0.3, 0.4) is 0 Å². The SMILES string of the molecule is CCC(N)Cc1cc(F)c(N2C[C@@H](C)O[C@@H](C)C2)c(F)c1. The number of benzene rings is 1. The van der Waals surface area contributed by atoms with Gasteiger partial charge >= 0.3 is 0 Å². The van der Waals surface area contributed by atoms with E-state index in [4.69, 9.17) is 10.5 Å². The van der Waals surface area contributed by atoms with E-state index in [1.807, 2.05) is 20.8 Å². The van der Waals surface area contributed by atoms with E-state index < -0.39 is 11.6 Å². The Morgan fingerprint density at radius 1 is 1.24 bits per heavy atom. The molecule has 1 aliphatic heterocycles. The van der Waals surface area contributed by atoms with Crippen molar-refractivity contribution in [3.8, 4) is 0 Å². The van der Waals surface area contributed by atoms with Crippen LogP contribution in [0.5, 0.6) is 0 Å². The van der Waals surface area contributed by atoms with Crippen LogP contribution in [0.15, 0.2) is 12.1 Å². The quantitative estimate of drug-likeness (QED) is 0.929. The van der Waals surface area contributed by atoms with Crippen LogP contribution in [0, 0.1) is 11.6 Å². The van der Waals surface area contributed by atoms with Gasteiger partial charge in [-0.2, -0.15) is 0 Å². The molecule has 118 valence electrons. The summed E-state index contributed by atoms with van der Waals surface area (Å²) in [6.07, 6.45) is 1.19. The smallest absolute Gasteiger partial charge is 0.149 e. The molecule has 0 spiro atoms. The second-order valence-corrected chi connectivity index (χ2v) is 5.94. The van der Waals surface area contributed by atoms with Crippen LogP contribution in [0.2, 0.25) is 0 Å². The summed E-state index contributed by atoms with van der Waals surface area (Å²) >= 11 is 0. The second-order valence-electron chi connectivity index (χ2n) is 5.94. The number of anilines is 1. The number of morpholine rings is 1. The van der Waals surface area contributed by atoms with E-state index in [-0.39, 0.29) is 23.9 Å². The average Bonchev–Trinajstić information content (AvgIpc) is 2.36. The molecule has 1 fully saturated rings. The van der Waals surface area contributed by atoms with E-state index in [1.54, 1.807) is 4.90 Å². The molecule has 0 radical (unpaired) electrons. The molecule has 1 heterocycles. The predicted octanol–water partition coefficient (Wildman–Crippen LogP) is 2.86. The topological polar surface area (TPSA) is 38.5 Å². The van der Waals surface area contributed by atoms with Gasteiger partial charge in [-0.05, 0) is 44.4 Å². The van der Waals surface area contributed by atoms with Crippen molar-refractivity contribution in [3.05, 3.63) is 29.3 Å². The van der Waals surface area contributed by atoms with Crippen molar-refractivity contribution in [2.75, 3.05) is 18.0 Å². The van der Waals surface area contributed by atoms with Gasteiger partial charge < -0.3 is 15.4 Å². The van der Waals surface area contributed by atoms with E-state index >= 15 is 0 Å². The zero-order chi connectivity index (χ0) is 15.6. The molecule has 5 heteroatoms. The van der Waals surface area contributed by atoms with E-state index in [0.29, 0.717) is 25.1 Å². The molecule has 2 rings (SSSR count). The number of rotatable bonds is 4. The first-order valence-electron chi connectivity index (χ1n) is 7.54. The van der Waals surface area contributed by atoms with Gasteiger partial charge in [0, 0.05) is 19.1 Å². The monoisotopic (exact) mass is 298 g/mol. The third-order valence-corrected chi connectivity index (χ3v) is 3.83. The summed E-state index contributed by atoms with van der Waals surface area (Å²) in [5.41, 5.74) is 6.51. The lowest BCUT2D eigenvalue weighted by atomic mass is 10.0. The van der Waals surface area contributed by atoms with Gasteiger partial charge in [-0.25, -0.2) is 8.78 Å². The van der Waals surface area contributed by atoms with Crippen LogP contribution in [0.4, 0.5) is 14.5 Å². The highest BCUT2D eigenvalue weighted by atomic mass is 19.1. The summed E-state index contributed by atoms with van der Waals surface area (Å²) < 4.78 is 34.3. The van der Waals surface area contributed by atoms with Gasteiger partial charge in [0.1, 0.15) is 17.3 Å². The van der Waals surface area contributed by atoms with Crippen molar-refractivity contribution in [1.82, 2.24) is 0 Å². The van der Waals surface area contributed by atoms with Crippen LogP contribution in [-0.4, -0.2) is 31.3 Å². The maximum atomic E-state index is 14.3. The zero-order valence-electron chi connectivity index (χ0n) is 12.9. The number of halogens is 2. The summed E-state index contributed by atoms with van der Waals surface area (Å²) in [5, 5.41) is 0. The van der Waals surface area contributed by atoms with Gasteiger partial charge in [0.15, 0.2) is 0 Å². The maximum Gasteiger partial charge on any atom is 0.149 e. The summed E-state index contributed by atoms with van der Waals surface area (Å²) in [5.74, 6) is -1.04. The molecule has 2 N–H and O–H groups in total. The highest BCUT2D eigenvalue weighted by molar-refractivity contribution is 5.51. The van der Waals surface area contributed by atoms with Crippen molar-refractivity contribution in [2.45, 2.75) is 51.9 Å². The lowest BCUT2D eigenvalue weighted by molar-refractivity contribution is -0.00558. The highest BCUT2D eigenvalue weighted by Gasteiger charge is 2.27. The van der Waals surface area contributed by atoms with E-state index in [2.05, 4.69) is 0 Å². The fourth-order valence-corrected chi connectivity index (χ4v) is 2.85. The van der Waals surface area contributed by atoms with Gasteiger partial charge in [-0.15, -0.1) is 0 Å². The molecule has 0 aromatic heterocycles. The minimum absolute atomic E-state index is 0.0410. The molecule has 1 saturated heterocycles. The lowest BCUT2D eigenvalue weighted by Crippen LogP contribution is -2.46. The minimum Gasteiger partial charge on any atom is -0.372 e.